The normalized spacial score (nSPS) is 24.6. The smallest absolute Gasteiger partial charge is 0.339 e. The zero-order chi connectivity index (χ0) is 33.3. The fourth-order valence-corrected chi connectivity index (χ4v) is 9.79. The molecule has 12 heteroatoms. The number of fused-ring (bicyclic) bond motifs is 6. The zero-order valence-electron chi connectivity index (χ0n) is 25.0. The lowest BCUT2D eigenvalue weighted by Crippen LogP contribution is -2.37. The quantitative estimate of drug-likeness (QED) is 0.0806. The largest absolute Gasteiger partial charge is 0.497 e. The van der Waals surface area contributed by atoms with Gasteiger partial charge in [0.2, 0.25) is 11.8 Å². The van der Waals surface area contributed by atoms with Crippen molar-refractivity contribution in [2.24, 2.45) is 23.7 Å². The van der Waals surface area contributed by atoms with Gasteiger partial charge in [0.25, 0.3) is 0 Å². The molecule has 2 bridgehead atoms. The fourth-order valence-electron chi connectivity index (χ4n) is 7.25. The number of ketones is 1. The Bertz CT molecular complexity index is 1970. The monoisotopic (exact) mass is 842 g/mol. The predicted octanol–water partition coefficient (Wildman–Crippen LogP) is 7.96. The van der Waals surface area contributed by atoms with Gasteiger partial charge in [-0.3, -0.25) is 19.3 Å². The van der Waals surface area contributed by atoms with Crippen LogP contribution in [-0.2, 0) is 14.3 Å². The number of aryl methyl sites for hydroxylation is 1. The van der Waals surface area contributed by atoms with Gasteiger partial charge in [-0.1, -0.05) is 67.7 Å². The minimum absolute atomic E-state index is 0.121. The van der Waals surface area contributed by atoms with E-state index in [-0.39, 0.29) is 56.5 Å². The Morgan fingerprint density at radius 1 is 0.979 bits per heavy atom. The average molecular weight is 846 g/mol. The number of carbonyl (C=O) groups is 4. The van der Waals surface area contributed by atoms with Crippen LogP contribution in [-0.4, -0.2) is 51.9 Å². The minimum Gasteiger partial charge on any atom is -0.497 e. The Kier molecular flexibility index (Phi) is 8.56. The second kappa shape index (κ2) is 12.4. The molecule has 240 valence electrons. The summed E-state index contributed by atoms with van der Waals surface area (Å²) in [6.45, 7) is 1.33. The number of rotatable bonds is 7. The lowest BCUT2D eigenvalue weighted by molar-refractivity contribution is -0.123. The molecule has 6 atom stereocenters. The van der Waals surface area contributed by atoms with Crippen LogP contribution in [0.2, 0.25) is 5.02 Å². The molecule has 2 amide bonds. The van der Waals surface area contributed by atoms with E-state index in [9.17, 15) is 19.2 Å². The summed E-state index contributed by atoms with van der Waals surface area (Å²) in [4.78, 5) is 60.0. The van der Waals surface area contributed by atoms with Crippen molar-refractivity contribution in [1.29, 1.82) is 0 Å². The lowest BCUT2D eigenvalue weighted by atomic mass is 9.81. The Hall–Kier alpha value is -3.12. The van der Waals surface area contributed by atoms with Gasteiger partial charge in [0.05, 0.1) is 46.4 Å². The van der Waals surface area contributed by atoms with Crippen LogP contribution in [0.1, 0.15) is 32.7 Å². The second-order valence-corrected chi connectivity index (χ2v) is 15.4. The molecule has 3 fully saturated rings. The molecule has 1 aromatic heterocycles. The first-order valence-electron chi connectivity index (χ1n) is 14.9. The SMILES string of the molecule is COc1cccc(C(=O)COC(=O)c2cc(-c3ccc(N4C(=O)C5C6CC(C(Br)C6Br)C5C4=O)cc3)nc3c(C)c(Cl)c(Br)cc23)c1. The van der Waals surface area contributed by atoms with Gasteiger partial charge in [-0.25, -0.2) is 9.78 Å². The third-order valence-corrected chi connectivity index (χ3v) is 14.1. The molecule has 1 aliphatic heterocycles. The van der Waals surface area contributed by atoms with E-state index in [2.05, 4.69) is 47.8 Å². The summed E-state index contributed by atoms with van der Waals surface area (Å²) in [6.07, 6.45) is 0.860. The zero-order valence-corrected chi connectivity index (χ0v) is 30.5. The van der Waals surface area contributed by atoms with E-state index in [4.69, 9.17) is 26.1 Å². The van der Waals surface area contributed by atoms with E-state index in [0.29, 0.717) is 54.2 Å². The summed E-state index contributed by atoms with van der Waals surface area (Å²) in [7, 11) is 1.51. The molecule has 0 radical (unpaired) electrons. The van der Waals surface area contributed by atoms with Crippen LogP contribution in [0.5, 0.6) is 5.75 Å². The Morgan fingerprint density at radius 2 is 1.64 bits per heavy atom. The van der Waals surface area contributed by atoms with Crippen LogP contribution >= 0.6 is 59.4 Å². The Balaban J connectivity index is 1.19. The van der Waals surface area contributed by atoms with Crippen molar-refractivity contribution in [1.82, 2.24) is 4.98 Å². The molecule has 47 heavy (non-hydrogen) atoms. The van der Waals surface area contributed by atoms with E-state index in [1.165, 1.54) is 12.0 Å². The standard InChI is InChI=1S/C35H26Br3ClN2O6/c1-15-31(39)24(36)12-20-21(35(45)47-14-26(42)17-4-3-5-19(10-17)46-2)13-25(40-32(15)20)16-6-8-18(9-7-16)41-33(43)27-22-11-23(28(27)34(41)44)30(38)29(22)37/h3-10,12-13,22-23,27-30H,11,14H2,1-2H3. The molecule has 0 spiro atoms. The molecular formula is C35H26Br3ClN2O6. The van der Waals surface area contributed by atoms with E-state index in [0.717, 1.165) is 6.42 Å². The molecule has 7 rings (SSSR count). The van der Waals surface area contributed by atoms with Crippen LogP contribution in [0.15, 0.2) is 65.1 Å². The summed E-state index contributed by atoms with van der Waals surface area (Å²) < 4.78 is 11.3. The maximum absolute atomic E-state index is 13.5. The highest BCUT2D eigenvalue weighted by molar-refractivity contribution is 9.12. The number of imide groups is 1. The minimum atomic E-state index is -0.704. The number of amides is 2. The molecule has 3 aliphatic rings. The number of ether oxygens (including phenoxy) is 2. The number of aromatic nitrogens is 1. The molecule has 4 aromatic rings. The first-order valence-corrected chi connectivity index (χ1v) is 17.9. The van der Waals surface area contributed by atoms with Crippen molar-refractivity contribution in [2.75, 3.05) is 18.6 Å². The van der Waals surface area contributed by atoms with Gasteiger partial charge in [-0.15, -0.1) is 0 Å². The lowest BCUT2D eigenvalue weighted by Gasteiger charge is -2.28. The Morgan fingerprint density at radius 3 is 2.28 bits per heavy atom. The number of hydrogen-bond acceptors (Lipinski definition) is 7. The maximum Gasteiger partial charge on any atom is 0.339 e. The van der Waals surface area contributed by atoms with E-state index in [1.807, 2.05) is 0 Å². The molecule has 3 aromatic carbocycles. The van der Waals surface area contributed by atoms with Crippen molar-refractivity contribution < 1.29 is 28.7 Å². The number of methoxy groups -OCH3 is 1. The number of esters is 1. The number of benzene rings is 3. The summed E-state index contributed by atoms with van der Waals surface area (Å²) in [5, 5.41) is 0.953. The van der Waals surface area contributed by atoms with Crippen molar-refractivity contribution in [3.05, 3.63) is 86.8 Å². The van der Waals surface area contributed by atoms with Gasteiger partial charge < -0.3 is 9.47 Å². The van der Waals surface area contributed by atoms with Crippen molar-refractivity contribution in [2.45, 2.75) is 23.0 Å². The van der Waals surface area contributed by atoms with Gasteiger partial charge in [-0.2, -0.15) is 0 Å². The number of halogens is 4. The van der Waals surface area contributed by atoms with Crippen molar-refractivity contribution >= 4 is 99.5 Å². The van der Waals surface area contributed by atoms with Gasteiger partial charge in [0, 0.05) is 30.6 Å². The van der Waals surface area contributed by atoms with Crippen LogP contribution in [0, 0.1) is 30.6 Å². The van der Waals surface area contributed by atoms with Gasteiger partial charge in [0.1, 0.15) is 5.75 Å². The van der Waals surface area contributed by atoms with Crippen LogP contribution in [0.4, 0.5) is 5.69 Å². The van der Waals surface area contributed by atoms with E-state index in [1.54, 1.807) is 67.6 Å². The molecule has 2 saturated carbocycles. The number of alkyl halides is 2. The number of nitrogens with zero attached hydrogens (tertiary/aromatic N) is 2. The predicted molar refractivity (Wildman–Crippen MR) is 189 cm³/mol. The summed E-state index contributed by atoms with van der Waals surface area (Å²) in [6, 6.07) is 16.9. The van der Waals surface area contributed by atoms with Gasteiger partial charge in [0.15, 0.2) is 12.4 Å². The molecule has 6 unspecified atom stereocenters. The average Bonchev–Trinajstić information content (AvgIpc) is 3.70. The topological polar surface area (TPSA) is 103 Å². The fraction of sp³-hybridized carbons (Fsp3) is 0.286. The molecule has 0 N–H and O–H groups in total. The van der Waals surface area contributed by atoms with E-state index >= 15 is 0 Å². The highest BCUT2D eigenvalue weighted by atomic mass is 79.9. The second-order valence-electron chi connectivity index (χ2n) is 12.0. The molecule has 1 saturated heterocycles. The molecule has 2 aliphatic carbocycles. The highest BCUT2D eigenvalue weighted by Crippen LogP contribution is 2.60. The number of carbonyl (C=O) groups excluding carboxylic acids is 4. The van der Waals surface area contributed by atoms with Crippen molar-refractivity contribution in [3.63, 3.8) is 0 Å². The summed E-state index contributed by atoms with van der Waals surface area (Å²) in [5.74, 6) is -1.27. The van der Waals surface area contributed by atoms with Gasteiger partial charge >= 0.3 is 5.97 Å². The first-order chi connectivity index (χ1) is 22.5. The van der Waals surface area contributed by atoms with Crippen LogP contribution < -0.4 is 9.64 Å². The number of Topliss-reactive ketones (excluding diaryl/α,β-unsaturated/α-hetero) is 1. The summed E-state index contributed by atoms with van der Waals surface area (Å²) in [5.41, 5.74) is 3.30. The van der Waals surface area contributed by atoms with Crippen molar-refractivity contribution in [3.8, 4) is 17.0 Å². The molecule has 2 heterocycles. The third-order valence-electron chi connectivity index (χ3n) is 9.58. The number of pyridine rings is 1. The first kappa shape index (κ1) is 32.4. The van der Waals surface area contributed by atoms with Crippen LogP contribution in [0.25, 0.3) is 22.2 Å². The molecule has 8 nitrogen and oxygen atoms in total. The maximum atomic E-state index is 13.5. The molecular weight excluding hydrogens is 820 g/mol. The van der Waals surface area contributed by atoms with E-state index < -0.39 is 12.6 Å². The summed E-state index contributed by atoms with van der Waals surface area (Å²) >= 11 is 17.5. The number of anilines is 1. The third kappa shape index (κ3) is 5.34. The highest BCUT2D eigenvalue weighted by Gasteiger charge is 2.66. The number of hydrogen-bond donors (Lipinski definition) is 0. The van der Waals surface area contributed by atoms with Crippen LogP contribution in [0.3, 0.4) is 0 Å². The Labute approximate surface area is 300 Å². The van der Waals surface area contributed by atoms with Gasteiger partial charge in [-0.05, 0) is 83.1 Å².